The second-order valence-corrected chi connectivity index (χ2v) is 6.05. The van der Waals surface area contributed by atoms with Gasteiger partial charge in [-0.1, -0.05) is 36.8 Å². The number of benzene rings is 1. The lowest BCUT2D eigenvalue weighted by Gasteiger charge is -2.16. The van der Waals surface area contributed by atoms with E-state index in [0.29, 0.717) is 13.1 Å². The zero-order chi connectivity index (χ0) is 16.2. The monoisotopic (exact) mass is 314 g/mol. The van der Waals surface area contributed by atoms with E-state index in [4.69, 9.17) is 0 Å². The minimum Gasteiger partial charge on any atom is -0.340 e. The van der Waals surface area contributed by atoms with E-state index >= 15 is 0 Å². The van der Waals surface area contributed by atoms with Gasteiger partial charge in [0.1, 0.15) is 12.4 Å². The fourth-order valence-electron chi connectivity index (χ4n) is 2.92. The highest BCUT2D eigenvalue weighted by atomic mass is 16.2. The summed E-state index contributed by atoms with van der Waals surface area (Å²) >= 11 is 0. The third-order valence-electron chi connectivity index (χ3n) is 4.25. The largest absolute Gasteiger partial charge is 0.346 e. The second kappa shape index (κ2) is 6.81. The van der Waals surface area contributed by atoms with Crippen molar-refractivity contribution in [2.45, 2.75) is 45.3 Å². The van der Waals surface area contributed by atoms with Crippen molar-refractivity contribution in [3.8, 4) is 0 Å². The van der Waals surface area contributed by atoms with Crippen LogP contribution in [-0.4, -0.2) is 32.2 Å². The lowest BCUT2D eigenvalue weighted by molar-refractivity contribution is -0.131. The van der Waals surface area contributed by atoms with Crippen molar-refractivity contribution in [3.05, 3.63) is 52.2 Å². The van der Waals surface area contributed by atoms with Crippen molar-refractivity contribution in [1.29, 1.82) is 0 Å². The van der Waals surface area contributed by atoms with Crippen molar-refractivity contribution in [2.24, 2.45) is 0 Å². The van der Waals surface area contributed by atoms with Crippen LogP contribution in [0, 0.1) is 0 Å². The fourth-order valence-corrected chi connectivity index (χ4v) is 2.92. The van der Waals surface area contributed by atoms with Crippen molar-refractivity contribution < 1.29 is 4.79 Å². The van der Waals surface area contributed by atoms with Crippen molar-refractivity contribution in [3.63, 3.8) is 0 Å². The van der Waals surface area contributed by atoms with E-state index in [0.717, 1.165) is 37.1 Å². The molecule has 1 aromatic carbocycles. The van der Waals surface area contributed by atoms with E-state index < -0.39 is 0 Å². The quantitative estimate of drug-likeness (QED) is 0.858. The zero-order valence-electron chi connectivity index (χ0n) is 13.4. The lowest BCUT2D eigenvalue weighted by Crippen LogP contribution is -2.34. The van der Waals surface area contributed by atoms with Gasteiger partial charge in [-0.3, -0.25) is 9.36 Å². The highest BCUT2D eigenvalue weighted by Gasteiger charge is 2.18. The summed E-state index contributed by atoms with van der Waals surface area (Å²) in [5.74, 6) is 0.704. The molecule has 0 bridgehead atoms. The SMILES string of the molecule is CN(Cc1ccccc1)C(=O)Cn1nc2n(c1=O)CCCCC2. The molecule has 0 spiro atoms. The summed E-state index contributed by atoms with van der Waals surface area (Å²) < 4.78 is 3.03. The molecular formula is C17H22N4O2. The fraction of sp³-hybridized carbons (Fsp3) is 0.471. The second-order valence-electron chi connectivity index (χ2n) is 6.05. The van der Waals surface area contributed by atoms with Gasteiger partial charge in [-0.05, 0) is 18.4 Å². The Morgan fingerprint density at radius 2 is 2.00 bits per heavy atom. The minimum atomic E-state index is -0.164. The van der Waals surface area contributed by atoms with Crippen LogP contribution in [0.1, 0.15) is 30.7 Å². The summed E-state index contributed by atoms with van der Waals surface area (Å²) in [6.07, 6.45) is 4.00. The Balaban J connectivity index is 1.69. The maximum atomic E-state index is 12.4. The first kappa shape index (κ1) is 15.5. The normalized spacial score (nSPS) is 14.1. The van der Waals surface area contributed by atoms with Gasteiger partial charge in [-0.15, -0.1) is 0 Å². The highest BCUT2D eigenvalue weighted by Crippen LogP contribution is 2.10. The molecule has 1 aliphatic heterocycles. The summed E-state index contributed by atoms with van der Waals surface area (Å²) in [4.78, 5) is 26.4. The molecule has 0 radical (unpaired) electrons. The number of aryl methyl sites for hydroxylation is 1. The molecule has 0 saturated heterocycles. The van der Waals surface area contributed by atoms with Gasteiger partial charge >= 0.3 is 5.69 Å². The molecule has 0 aliphatic carbocycles. The maximum absolute atomic E-state index is 12.4. The third-order valence-corrected chi connectivity index (χ3v) is 4.25. The Morgan fingerprint density at radius 1 is 1.22 bits per heavy atom. The number of amides is 1. The molecule has 1 aromatic heterocycles. The first-order valence-electron chi connectivity index (χ1n) is 8.09. The van der Waals surface area contributed by atoms with Crippen LogP contribution in [0.5, 0.6) is 0 Å². The van der Waals surface area contributed by atoms with E-state index in [2.05, 4.69) is 5.10 Å². The summed E-state index contributed by atoms with van der Waals surface area (Å²) in [7, 11) is 1.75. The first-order chi connectivity index (χ1) is 11.1. The molecule has 0 N–H and O–H groups in total. The molecule has 3 rings (SSSR count). The lowest BCUT2D eigenvalue weighted by atomic mass is 10.2. The summed E-state index contributed by atoms with van der Waals surface area (Å²) in [5.41, 5.74) is 0.902. The topological polar surface area (TPSA) is 60.1 Å². The Hall–Kier alpha value is -2.37. The number of rotatable bonds is 4. The minimum absolute atomic E-state index is 0.00215. The van der Waals surface area contributed by atoms with Crippen LogP contribution in [0.15, 0.2) is 35.1 Å². The molecule has 0 unspecified atom stereocenters. The number of aromatic nitrogens is 3. The molecule has 2 aromatic rings. The van der Waals surface area contributed by atoms with Crippen LogP contribution in [-0.2, 0) is 30.8 Å². The Kier molecular flexibility index (Phi) is 4.60. The molecule has 6 nitrogen and oxygen atoms in total. The molecule has 122 valence electrons. The van der Waals surface area contributed by atoms with Crippen LogP contribution in [0.2, 0.25) is 0 Å². The van der Waals surface area contributed by atoms with Gasteiger partial charge in [-0.25, -0.2) is 9.48 Å². The van der Waals surface area contributed by atoms with Crippen molar-refractivity contribution in [1.82, 2.24) is 19.2 Å². The molecule has 1 aliphatic rings. The van der Waals surface area contributed by atoms with E-state index in [1.165, 1.54) is 4.68 Å². The molecule has 6 heteroatoms. The number of nitrogens with zero attached hydrogens (tertiary/aromatic N) is 4. The van der Waals surface area contributed by atoms with Gasteiger partial charge in [-0.2, -0.15) is 5.10 Å². The molecule has 0 saturated carbocycles. The average molecular weight is 314 g/mol. The number of hydrogen-bond donors (Lipinski definition) is 0. The number of likely N-dealkylation sites (N-methyl/N-ethyl adjacent to an activating group) is 1. The first-order valence-corrected chi connectivity index (χ1v) is 8.09. The highest BCUT2D eigenvalue weighted by molar-refractivity contribution is 5.75. The van der Waals surface area contributed by atoms with Gasteiger partial charge < -0.3 is 4.90 Å². The van der Waals surface area contributed by atoms with E-state index in [-0.39, 0.29) is 18.1 Å². The Labute approximate surface area is 135 Å². The van der Waals surface area contributed by atoms with Crippen molar-refractivity contribution >= 4 is 5.91 Å². The predicted octanol–water partition coefficient (Wildman–Crippen LogP) is 1.43. The number of carbonyl (C=O) groups excluding carboxylic acids is 1. The van der Waals surface area contributed by atoms with E-state index in [9.17, 15) is 9.59 Å². The molecule has 0 fully saturated rings. The van der Waals surface area contributed by atoms with Crippen molar-refractivity contribution in [2.75, 3.05) is 7.05 Å². The summed E-state index contributed by atoms with van der Waals surface area (Å²) in [6.45, 7) is 1.24. The van der Waals surface area contributed by atoms with E-state index in [1.807, 2.05) is 30.3 Å². The third kappa shape index (κ3) is 3.52. The number of carbonyl (C=O) groups is 1. The number of fused-ring (bicyclic) bond motifs is 1. The van der Waals surface area contributed by atoms with Crippen LogP contribution in [0.3, 0.4) is 0 Å². The van der Waals surface area contributed by atoms with Gasteiger partial charge in [0.15, 0.2) is 0 Å². The van der Waals surface area contributed by atoms with Gasteiger partial charge in [0.25, 0.3) is 0 Å². The van der Waals surface area contributed by atoms with Crippen LogP contribution >= 0.6 is 0 Å². The Bertz CT molecular complexity index is 733. The molecular weight excluding hydrogens is 292 g/mol. The molecule has 1 amide bonds. The average Bonchev–Trinajstić information content (AvgIpc) is 2.73. The smallest absolute Gasteiger partial charge is 0.340 e. The van der Waals surface area contributed by atoms with Gasteiger partial charge in [0.05, 0.1) is 0 Å². The van der Waals surface area contributed by atoms with Gasteiger partial charge in [0, 0.05) is 26.6 Å². The summed E-state index contributed by atoms with van der Waals surface area (Å²) in [6, 6.07) is 9.81. The molecule has 23 heavy (non-hydrogen) atoms. The predicted molar refractivity (Wildman–Crippen MR) is 87.0 cm³/mol. The number of hydrogen-bond acceptors (Lipinski definition) is 3. The van der Waals surface area contributed by atoms with Crippen LogP contribution < -0.4 is 5.69 Å². The summed E-state index contributed by atoms with van der Waals surface area (Å²) in [5, 5.41) is 4.36. The Morgan fingerprint density at radius 3 is 2.78 bits per heavy atom. The van der Waals surface area contributed by atoms with Gasteiger partial charge in [0.2, 0.25) is 5.91 Å². The molecule has 2 heterocycles. The van der Waals surface area contributed by atoms with E-state index in [1.54, 1.807) is 16.5 Å². The maximum Gasteiger partial charge on any atom is 0.346 e. The van der Waals surface area contributed by atoms with Crippen LogP contribution in [0.4, 0.5) is 0 Å². The van der Waals surface area contributed by atoms with Crippen LogP contribution in [0.25, 0.3) is 0 Å². The zero-order valence-corrected chi connectivity index (χ0v) is 13.4. The molecule has 0 atom stereocenters. The standard InChI is InChI=1S/C17H22N4O2/c1-19(12-14-8-4-2-5-9-14)16(22)13-21-17(23)20-11-7-3-6-10-15(20)18-21/h2,4-5,8-9H,3,6-7,10-13H2,1H3.